The average Bonchev–Trinajstić information content (AvgIpc) is 2.43. The molecule has 0 aromatic heterocycles. The van der Waals surface area contributed by atoms with Crippen LogP contribution in [0.4, 0.5) is 0 Å². The third-order valence-electron chi connectivity index (χ3n) is 2.38. The van der Waals surface area contributed by atoms with E-state index in [1.54, 1.807) is 7.05 Å². The Hall–Kier alpha value is -1.92. The highest BCUT2D eigenvalue weighted by Crippen LogP contribution is 2.01. The van der Waals surface area contributed by atoms with Crippen LogP contribution in [0.25, 0.3) is 0 Å². The maximum Gasteiger partial charge on any atom is 0.325 e. The van der Waals surface area contributed by atoms with E-state index in [9.17, 15) is 9.59 Å². The lowest BCUT2D eigenvalue weighted by molar-refractivity contribution is -0.146. The molecular weight excluding hydrogens is 246 g/mol. The molecule has 0 fully saturated rings. The number of nitrogens with two attached hydrogens (primary N) is 1. The molecule has 0 aliphatic heterocycles. The zero-order valence-corrected chi connectivity index (χ0v) is 10.9. The first-order chi connectivity index (χ1) is 9.13. The van der Waals surface area contributed by atoms with Gasteiger partial charge in [-0.1, -0.05) is 30.3 Å². The van der Waals surface area contributed by atoms with Gasteiger partial charge < -0.3 is 21.1 Å². The van der Waals surface area contributed by atoms with Gasteiger partial charge >= 0.3 is 5.97 Å². The molecule has 0 aliphatic carbocycles. The second-order valence-electron chi connectivity index (χ2n) is 4.03. The maximum atomic E-state index is 11.6. The van der Waals surface area contributed by atoms with Gasteiger partial charge in [0.15, 0.2) is 0 Å². The Morgan fingerprint density at radius 1 is 1.32 bits per heavy atom. The highest BCUT2D eigenvalue weighted by atomic mass is 16.5. The van der Waals surface area contributed by atoms with E-state index in [1.807, 2.05) is 30.3 Å². The fourth-order valence-corrected chi connectivity index (χ4v) is 1.37. The number of ether oxygens (including phenoxy) is 1. The van der Waals surface area contributed by atoms with Crippen molar-refractivity contribution in [1.82, 2.24) is 10.6 Å². The summed E-state index contributed by atoms with van der Waals surface area (Å²) in [4.78, 5) is 22.7. The molecule has 0 radical (unpaired) electrons. The van der Waals surface area contributed by atoms with Crippen LogP contribution in [-0.4, -0.2) is 38.1 Å². The summed E-state index contributed by atoms with van der Waals surface area (Å²) < 4.78 is 5.05. The van der Waals surface area contributed by atoms with Crippen LogP contribution < -0.4 is 16.4 Å². The topological polar surface area (TPSA) is 93.5 Å². The smallest absolute Gasteiger partial charge is 0.325 e. The number of nitrogens with one attached hydrogen (secondary N) is 2. The molecule has 1 aromatic rings. The van der Waals surface area contributed by atoms with Gasteiger partial charge in [0.05, 0.1) is 6.54 Å². The second kappa shape index (κ2) is 8.23. The largest absolute Gasteiger partial charge is 0.460 e. The number of carbonyl (C=O) groups excluding carboxylic acids is 2. The third kappa shape index (κ3) is 5.98. The number of hydrogen-bond donors (Lipinski definition) is 3. The van der Waals surface area contributed by atoms with Crippen molar-refractivity contribution in [2.24, 2.45) is 5.73 Å². The molecule has 0 bridgehead atoms. The standard InChI is InChI=1S/C13H19N3O3/c1-15-8-12(17)16-7-11(14)13(18)19-9-10-5-3-2-4-6-10/h2-6,11,15H,7-9,14H2,1H3,(H,16,17)/t11-/m0/s1. The fourth-order valence-electron chi connectivity index (χ4n) is 1.37. The van der Waals surface area contributed by atoms with Gasteiger partial charge in [-0.3, -0.25) is 9.59 Å². The first-order valence-corrected chi connectivity index (χ1v) is 6.01. The van der Waals surface area contributed by atoms with Gasteiger partial charge in [0.2, 0.25) is 5.91 Å². The number of benzene rings is 1. The highest BCUT2D eigenvalue weighted by molar-refractivity contribution is 5.80. The molecule has 0 aliphatic rings. The molecule has 6 nitrogen and oxygen atoms in total. The summed E-state index contributed by atoms with van der Waals surface area (Å²) in [7, 11) is 1.66. The minimum absolute atomic E-state index is 0.0636. The molecule has 104 valence electrons. The first-order valence-electron chi connectivity index (χ1n) is 6.01. The molecule has 1 rings (SSSR count). The number of rotatable bonds is 7. The molecule has 0 spiro atoms. The molecule has 0 saturated carbocycles. The zero-order valence-electron chi connectivity index (χ0n) is 10.9. The lowest BCUT2D eigenvalue weighted by Gasteiger charge is -2.12. The summed E-state index contributed by atoms with van der Waals surface area (Å²) in [6.45, 7) is 0.428. The summed E-state index contributed by atoms with van der Waals surface area (Å²) in [5.41, 5.74) is 6.51. The summed E-state index contributed by atoms with van der Waals surface area (Å²) in [6.07, 6.45) is 0. The van der Waals surface area contributed by atoms with Gasteiger partial charge in [0.25, 0.3) is 0 Å². The van der Waals surface area contributed by atoms with Gasteiger partial charge in [0.1, 0.15) is 12.6 Å². The number of esters is 1. The normalized spacial score (nSPS) is 11.7. The number of hydrogen-bond acceptors (Lipinski definition) is 5. The lowest BCUT2D eigenvalue weighted by Crippen LogP contribution is -2.45. The lowest BCUT2D eigenvalue weighted by atomic mass is 10.2. The van der Waals surface area contributed by atoms with Gasteiger partial charge in [-0.05, 0) is 12.6 Å². The van der Waals surface area contributed by atoms with Crippen molar-refractivity contribution in [2.45, 2.75) is 12.6 Å². The van der Waals surface area contributed by atoms with Crippen LogP contribution in [0.2, 0.25) is 0 Å². The van der Waals surface area contributed by atoms with E-state index in [-0.39, 0.29) is 25.6 Å². The van der Waals surface area contributed by atoms with Crippen molar-refractivity contribution in [2.75, 3.05) is 20.1 Å². The Labute approximate surface area is 112 Å². The third-order valence-corrected chi connectivity index (χ3v) is 2.38. The Kier molecular flexibility index (Phi) is 6.56. The molecule has 19 heavy (non-hydrogen) atoms. The molecule has 0 unspecified atom stereocenters. The minimum Gasteiger partial charge on any atom is -0.460 e. The van der Waals surface area contributed by atoms with Crippen LogP contribution >= 0.6 is 0 Å². The Morgan fingerprint density at radius 3 is 2.63 bits per heavy atom. The van der Waals surface area contributed by atoms with Gasteiger partial charge in [-0.2, -0.15) is 0 Å². The van der Waals surface area contributed by atoms with E-state index in [2.05, 4.69) is 10.6 Å². The van der Waals surface area contributed by atoms with Crippen molar-refractivity contribution in [3.05, 3.63) is 35.9 Å². The van der Waals surface area contributed by atoms with Crippen molar-refractivity contribution in [1.29, 1.82) is 0 Å². The number of likely N-dealkylation sites (N-methyl/N-ethyl adjacent to an activating group) is 1. The van der Waals surface area contributed by atoms with E-state index in [4.69, 9.17) is 10.5 Å². The van der Waals surface area contributed by atoms with Crippen molar-refractivity contribution >= 4 is 11.9 Å². The second-order valence-corrected chi connectivity index (χ2v) is 4.03. The first kappa shape index (κ1) is 15.1. The predicted molar refractivity (Wildman–Crippen MR) is 71.1 cm³/mol. The number of carbonyl (C=O) groups is 2. The van der Waals surface area contributed by atoms with E-state index in [0.29, 0.717) is 0 Å². The SMILES string of the molecule is CNCC(=O)NC[C@H](N)C(=O)OCc1ccccc1. The fraction of sp³-hybridized carbons (Fsp3) is 0.385. The van der Waals surface area contributed by atoms with Crippen LogP contribution in [0, 0.1) is 0 Å². The summed E-state index contributed by atoms with van der Waals surface area (Å²) >= 11 is 0. The molecule has 0 saturated heterocycles. The van der Waals surface area contributed by atoms with E-state index < -0.39 is 12.0 Å². The number of amides is 1. The van der Waals surface area contributed by atoms with Crippen LogP contribution in [0.5, 0.6) is 0 Å². The average molecular weight is 265 g/mol. The van der Waals surface area contributed by atoms with Crippen molar-refractivity contribution in [3.8, 4) is 0 Å². The molecule has 6 heteroatoms. The zero-order chi connectivity index (χ0) is 14.1. The molecule has 4 N–H and O–H groups in total. The van der Waals surface area contributed by atoms with E-state index >= 15 is 0 Å². The van der Waals surface area contributed by atoms with Gasteiger partial charge in [-0.15, -0.1) is 0 Å². The van der Waals surface area contributed by atoms with E-state index in [0.717, 1.165) is 5.56 Å². The quantitative estimate of drug-likeness (QED) is 0.572. The summed E-state index contributed by atoms with van der Waals surface area (Å²) in [5, 5.41) is 5.23. The van der Waals surface area contributed by atoms with Crippen molar-refractivity contribution in [3.63, 3.8) is 0 Å². The van der Waals surface area contributed by atoms with Crippen LogP contribution in [0.15, 0.2) is 30.3 Å². The molecule has 1 amide bonds. The summed E-state index contributed by atoms with van der Waals surface area (Å²) in [5.74, 6) is -0.748. The summed E-state index contributed by atoms with van der Waals surface area (Å²) in [6, 6.07) is 8.46. The molecule has 0 heterocycles. The maximum absolute atomic E-state index is 11.6. The van der Waals surface area contributed by atoms with Crippen molar-refractivity contribution < 1.29 is 14.3 Å². The molecule has 1 aromatic carbocycles. The van der Waals surface area contributed by atoms with Crippen LogP contribution in [0.1, 0.15) is 5.56 Å². The molecular formula is C13H19N3O3. The van der Waals surface area contributed by atoms with Gasteiger partial charge in [0, 0.05) is 6.54 Å². The Morgan fingerprint density at radius 2 is 2.00 bits per heavy atom. The van der Waals surface area contributed by atoms with Crippen LogP contribution in [-0.2, 0) is 20.9 Å². The highest BCUT2D eigenvalue weighted by Gasteiger charge is 2.15. The minimum atomic E-state index is -0.857. The Bertz CT molecular complexity index is 409. The molecule has 1 atom stereocenters. The monoisotopic (exact) mass is 265 g/mol. The predicted octanol–water partition coefficient (Wildman–Crippen LogP) is -0.607. The Balaban J connectivity index is 2.27. The van der Waals surface area contributed by atoms with Gasteiger partial charge in [-0.25, -0.2) is 0 Å². The van der Waals surface area contributed by atoms with E-state index in [1.165, 1.54) is 0 Å². The van der Waals surface area contributed by atoms with Crippen LogP contribution in [0.3, 0.4) is 0 Å².